The van der Waals surface area contributed by atoms with E-state index in [0.717, 1.165) is 5.69 Å². The largest absolute Gasteiger partial charge is 0.358 e. The maximum atomic E-state index is 13.2. The van der Waals surface area contributed by atoms with Gasteiger partial charge in [0.25, 0.3) is 23.5 Å². The minimum Gasteiger partial charge on any atom is -0.358 e. The maximum absolute atomic E-state index is 13.2. The number of nitrogens with zero attached hydrogens (tertiary/aromatic N) is 4. The second kappa shape index (κ2) is 9.94. The molecule has 1 unspecified atom stereocenters. The van der Waals surface area contributed by atoms with E-state index in [0.29, 0.717) is 29.3 Å². The van der Waals surface area contributed by atoms with Crippen LogP contribution < -0.4 is 5.32 Å². The fourth-order valence-electron chi connectivity index (χ4n) is 4.42. The number of carbonyl (C=O) groups excluding carboxylic acids is 4. The predicted octanol–water partition coefficient (Wildman–Crippen LogP) is 3.14. The first kappa shape index (κ1) is 24.3. The number of H-pyrrole nitrogens is 1. The van der Waals surface area contributed by atoms with Gasteiger partial charge in [0, 0.05) is 49.0 Å². The average Bonchev–Trinajstić information content (AvgIpc) is 3.53. The molecule has 0 radical (unpaired) electrons. The molecule has 4 heterocycles. The summed E-state index contributed by atoms with van der Waals surface area (Å²) in [6, 6.07) is 10.2. The number of ketones is 1. The standard InChI is InChI=1S/C26H24N6O4S/c1-15-14-37-26(29-15)30-23(34)18-8-9-27-21-19(12-28-20(18)21)22(33)25(36)32-11-10-31(13-16(32)2)24(35)17-6-4-3-5-7-17/h3-9,12,14,16,28H,10-11,13H2,1-2H3,(H,29,30,34). The zero-order valence-corrected chi connectivity index (χ0v) is 21.0. The normalized spacial score (nSPS) is 15.6. The van der Waals surface area contributed by atoms with Crippen molar-refractivity contribution in [2.24, 2.45) is 0 Å². The van der Waals surface area contributed by atoms with E-state index in [-0.39, 0.29) is 35.1 Å². The van der Waals surface area contributed by atoms with Crippen molar-refractivity contribution in [1.82, 2.24) is 24.8 Å². The SMILES string of the molecule is Cc1csc(NC(=O)c2ccnc3c(C(=O)C(=O)N4CCN(C(=O)c5ccccc5)CC4C)c[nH]c23)n1. The zero-order valence-electron chi connectivity index (χ0n) is 20.2. The summed E-state index contributed by atoms with van der Waals surface area (Å²) in [4.78, 5) is 66.7. The van der Waals surface area contributed by atoms with Crippen molar-refractivity contribution < 1.29 is 19.2 Å². The summed E-state index contributed by atoms with van der Waals surface area (Å²) < 4.78 is 0. The lowest BCUT2D eigenvalue weighted by Gasteiger charge is -2.39. The minimum atomic E-state index is -0.721. The number of benzene rings is 1. The zero-order chi connectivity index (χ0) is 26.1. The van der Waals surface area contributed by atoms with Crippen molar-refractivity contribution >= 4 is 51.0 Å². The number of pyridine rings is 1. The molecule has 1 aliphatic heterocycles. The Morgan fingerprint density at radius 3 is 2.57 bits per heavy atom. The smallest absolute Gasteiger partial charge is 0.295 e. The summed E-state index contributed by atoms with van der Waals surface area (Å²) in [5, 5.41) is 5.03. The molecule has 0 bridgehead atoms. The van der Waals surface area contributed by atoms with Crippen LogP contribution >= 0.6 is 11.3 Å². The molecule has 0 aliphatic carbocycles. The molecule has 4 aromatic rings. The third kappa shape index (κ3) is 4.73. The third-order valence-electron chi connectivity index (χ3n) is 6.29. The number of aryl methyl sites for hydroxylation is 1. The van der Waals surface area contributed by atoms with Crippen molar-refractivity contribution in [2.45, 2.75) is 19.9 Å². The van der Waals surface area contributed by atoms with Gasteiger partial charge < -0.3 is 14.8 Å². The van der Waals surface area contributed by atoms with Crippen LogP contribution in [0.1, 0.15) is 43.7 Å². The molecule has 1 atom stereocenters. The molecule has 5 rings (SSSR count). The van der Waals surface area contributed by atoms with Gasteiger partial charge in [0.2, 0.25) is 0 Å². The summed E-state index contributed by atoms with van der Waals surface area (Å²) in [7, 11) is 0. The number of carbonyl (C=O) groups is 4. The second-order valence-electron chi connectivity index (χ2n) is 8.83. The Kier molecular flexibility index (Phi) is 6.53. The number of amides is 3. The molecule has 10 nitrogen and oxygen atoms in total. The molecular weight excluding hydrogens is 492 g/mol. The van der Waals surface area contributed by atoms with Crippen LogP contribution in [0.4, 0.5) is 5.13 Å². The highest BCUT2D eigenvalue weighted by atomic mass is 32.1. The van der Waals surface area contributed by atoms with Gasteiger partial charge in [0.15, 0.2) is 5.13 Å². The molecule has 2 N–H and O–H groups in total. The molecule has 1 saturated heterocycles. The first-order valence-electron chi connectivity index (χ1n) is 11.7. The number of hydrogen-bond acceptors (Lipinski definition) is 7. The van der Waals surface area contributed by atoms with Crippen molar-refractivity contribution in [3.63, 3.8) is 0 Å². The Hall–Kier alpha value is -4.38. The highest BCUT2D eigenvalue weighted by molar-refractivity contribution is 7.14. The van der Waals surface area contributed by atoms with E-state index in [2.05, 4.69) is 20.3 Å². The predicted molar refractivity (Wildman–Crippen MR) is 139 cm³/mol. The van der Waals surface area contributed by atoms with Crippen molar-refractivity contribution in [1.29, 1.82) is 0 Å². The first-order chi connectivity index (χ1) is 17.8. The molecule has 37 heavy (non-hydrogen) atoms. The monoisotopic (exact) mass is 516 g/mol. The number of rotatable bonds is 5. The Labute approximate surface area is 216 Å². The van der Waals surface area contributed by atoms with Crippen molar-refractivity contribution in [3.8, 4) is 0 Å². The Morgan fingerprint density at radius 1 is 1.08 bits per heavy atom. The Bertz CT molecular complexity index is 1510. The lowest BCUT2D eigenvalue weighted by Crippen LogP contribution is -2.56. The minimum absolute atomic E-state index is 0.0923. The van der Waals surface area contributed by atoms with Gasteiger partial charge in [0.1, 0.15) is 5.52 Å². The summed E-state index contributed by atoms with van der Waals surface area (Å²) in [5.74, 6) is -1.90. The van der Waals surface area contributed by atoms with Crippen LogP contribution in [0.15, 0.2) is 54.2 Å². The van der Waals surface area contributed by atoms with Gasteiger partial charge in [-0.2, -0.15) is 0 Å². The number of anilines is 1. The molecule has 11 heteroatoms. The van der Waals surface area contributed by atoms with Crippen LogP contribution in [0.5, 0.6) is 0 Å². The van der Waals surface area contributed by atoms with Crippen LogP contribution in [0.25, 0.3) is 11.0 Å². The van der Waals surface area contributed by atoms with Gasteiger partial charge in [-0.25, -0.2) is 4.98 Å². The maximum Gasteiger partial charge on any atom is 0.295 e. The van der Waals surface area contributed by atoms with Crippen LogP contribution in [-0.2, 0) is 4.79 Å². The van der Waals surface area contributed by atoms with E-state index in [9.17, 15) is 19.2 Å². The second-order valence-corrected chi connectivity index (χ2v) is 9.68. The highest BCUT2D eigenvalue weighted by Gasteiger charge is 2.34. The fourth-order valence-corrected chi connectivity index (χ4v) is 5.10. The van der Waals surface area contributed by atoms with Crippen LogP contribution in [0.3, 0.4) is 0 Å². The highest BCUT2D eigenvalue weighted by Crippen LogP contribution is 2.23. The molecule has 0 saturated carbocycles. The molecule has 1 fully saturated rings. The van der Waals surface area contributed by atoms with E-state index < -0.39 is 17.6 Å². The quantitative estimate of drug-likeness (QED) is 0.310. The number of aromatic amines is 1. The third-order valence-corrected chi connectivity index (χ3v) is 7.16. The number of piperazine rings is 1. The van der Waals surface area contributed by atoms with Crippen LogP contribution in [-0.4, -0.2) is 73.9 Å². The summed E-state index contributed by atoms with van der Waals surface area (Å²) >= 11 is 1.31. The van der Waals surface area contributed by atoms with E-state index in [1.807, 2.05) is 25.3 Å². The van der Waals surface area contributed by atoms with Gasteiger partial charge >= 0.3 is 0 Å². The molecule has 3 amide bonds. The topological polar surface area (TPSA) is 128 Å². The summed E-state index contributed by atoms with van der Waals surface area (Å²) in [6.45, 7) is 4.52. The van der Waals surface area contributed by atoms with Gasteiger partial charge in [-0.05, 0) is 32.0 Å². The van der Waals surface area contributed by atoms with E-state index >= 15 is 0 Å². The van der Waals surface area contributed by atoms with Crippen LogP contribution in [0, 0.1) is 6.92 Å². The first-order valence-corrected chi connectivity index (χ1v) is 12.6. The lowest BCUT2D eigenvalue weighted by molar-refractivity contribution is -0.130. The summed E-state index contributed by atoms with van der Waals surface area (Å²) in [5.41, 5.74) is 2.36. The fraction of sp³-hybridized carbons (Fsp3) is 0.231. The van der Waals surface area contributed by atoms with Gasteiger partial charge in [0.05, 0.1) is 22.3 Å². The molecule has 1 aromatic carbocycles. The van der Waals surface area contributed by atoms with E-state index in [4.69, 9.17) is 0 Å². The van der Waals surface area contributed by atoms with Gasteiger partial charge in [-0.1, -0.05) is 18.2 Å². The number of fused-ring (bicyclic) bond motifs is 1. The summed E-state index contributed by atoms with van der Waals surface area (Å²) in [6.07, 6.45) is 2.83. The molecular formula is C26H24N6O4S. The van der Waals surface area contributed by atoms with E-state index in [1.165, 1.54) is 34.7 Å². The Balaban J connectivity index is 1.31. The van der Waals surface area contributed by atoms with Gasteiger partial charge in [-0.3, -0.25) is 29.5 Å². The molecule has 0 spiro atoms. The van der Waals surface area contributed by atoms with Gasteiger partial charge in [-0.15, -0.1) is 11.3 Å². The average molecular weight is 517 g/mol. The van der Waals surface area contributed by atoms with Crippen molar-refractivity contribution in [3.05, 3.63) is 76.6 Å². The van der Waals surface area contributed by atoms with Crippen molar-refractivity contribution in [2.75, 3.05) is 25.0 Å². The van der Waals surface area contributed by atoms with Crippen LogP contribution in [0.2, 0.25) is 0 Å². The lowest BCUT2D eigenvalue weighted by atomic mass is 10.1. The Morgan fingerprint density at radius 2 is 1.86 bits per heavy atom. The number of thiazole rings is 1. The number of aromatic nitrogens is 3. The van der Waals surface area contributed by atoms with E-state index in [1.54, 1.807) is 29.2 Å². The molecule has 3 aromatic heterocycles. The number of nitrogens with one attached hydrogen (secondary N) is 2. The molecule has 1 aliphatic rings. The molecule has 188 valence electrons. The number of hydrogen-bond donors (Lipinski definition) is 2. The number of Topliss-reactive ketones (excluding diaryl/α,β-unsaturated/α-hetero) is 1.